The van der Waals surface area contributed by atoms with Gasteiger partial charge >= 0.3 is 5.97 Å². The number of nitrogens with one attached hydrogen (secondary N) is 2. The molecule has 2 fully saturated rings. The molecule has 230 valence electrons. The van der Waals surface area contributed by atoms with Gasteiger partial charge in [0.1, 0.15) is 22.7 Å². The summed E-state index contributed by atoms with van der Waals surface area (Å²) < 4.78 is 28.2. The first-order chi connectivity index (χ1) is 20.8. The lowest BCUT2D eigenvalue weighted by Gasteiger charge is -2.39. The summed E-state index contributed by atoms with van der Waals surface area (Å²) in [5.74, 6) is 0.0457. The molecule has 0 spiro atoms. The van der Waals surface area contributed by atoms with Crippen LogP contribution < -0.4 is 19.8 Å². The van der Waals surface area contributed by atoms with Crippen molar-refractivity contribution in [1.29, 1.82) is 0 Å². The van der Waals surface area contributed by atoms with Crippen molar-refractivity contribution in [3.8, 4) is 0 Å². The lowest BCUT2D eigenvalue weighted by atomic mass is 9.95. The minimum Gasteiger partial charge on any atom is -0.480 e. The van der Waals surface area contributed by atoms with Crippen LogP contribution in [-0.4, -0.2) is 94.5 Å². The lowest BCUT2D eigenvalue weighted by Crippen LogP contribution is -2.49. The Bertz CT molecular complexity index is 1440. The summed E-state index contributed by atoms with van der Waals surface area (Å²) in [5, 5.41) is 15.5. The smallest absolute Gasteiger partial charge is 0.317 e. The molecule has 0 saturated carbocycles. The second kappa shape index (κ2) is 14.3. The number of nitrogens with zero attached hydrogens (tertiary/aromatic N) is 6. The topological polar surface area (TPSA) is 117 Å². The number of thiol groups is 1. The molecule has 14 heteroatoms. The molecule has 3 heterocycles. The van der Waals surface area contributed by atoms with Crippen LogP contribution >= 0.6 is 11.6 Å². The molecule has 5 rings (SSSR count). The molecular formula is C29H36ClFN8O3S. The number of hydrogen-bond donors (Lipinski definition) is 4. The molecule has 1 aromatic heterocycles. The van der Waals surface area contributed by atoms with E-state index in [1.54, 1.807) is 13.1 Å². The van der Waals surface area contributed by atoms with Gasteiger partial charge in [-0.05, 0) is 49.1 Å². The molecule has 2 aromatic carbocycles. The summed E-state index contributed by atoms with van der Waals surface area (Å²) in [6.07, 6.45) is 3.43. The number of halogens is 2. The van der Waals surface area contributed by atoms with Gasteiger partial charge in [-0.1, -0.05) is 23.7 Å². The van der Waals surface area contributed by atoms with Gasteiger partial charge in [0.15, 0.2) is 5.82 Å². The van der Waals surface area contributed by atoms with Gasteiger partial charge in [0, 0.05) is 58.5 Å². The zero-order chi connectivity index (χ0) is 30.3. The van der Waals surface area contributed by atoms with Crippen LogP contribution in [0.5, 0.6) is 0 Å². The van der Waals surface area contributed by atoms with Crippen LogP contribution in [0.1, 0.15) is 12.8 Å². The van der Waals surface area contributed by atoms with Crippen molar-refractivity contribution in [2.24, 2.45) is 5.92 Å². The molecule has 11 nitrogen and oxygen atoms in total. The third-order valence-corrected chi connectivity index (χ3v) is 8.61. The summed E-state index contributed by atoms with van der Waals surface area (Å²) in [6.45, 7) is 6.00. The van der Waals surface area contributed by atoms with Gasteiger partial charge in [-0.3, -0.25) is 14.0 Å². The number of para-hydroxylation sites is 2. The standard InChI is InChI=1S/C29H36ClFN8O3S/c1-36(43-42)26-5-3-2-4-24(26)34-28-22(30)17-32-29(35-28)33-21-6-7-25(23(31)16-21)39-10-8-20(9-11-39)18-37-12-14-38(15-13-37)19-27(40)41/h2-7,16-17,20,43H,8-15,18-19H2,1H3,(H,40,41)(H2,32,33,34,35). The van der Waals surface area contributed by atoms with Crippen LogP contribution in [0, 0.1) is 11.7 Å². The van der Waals surface area contributed by atoms with E-state index in [9.17, 15) is 9.00 Å². The number of piperidine rings is 1. The Morgan fingerprint density at radius 2 is 1.81 bits per heavy atom. The zero-order valence-corrected chi connectivity index (χ0v) is 25.6. The molecule has 0 aliphatic carbocycles. The molecule has 2 saturated heterocycles. The van der Waals surface area contributed by atoms with Crippen LogP contribution in [0.4, 0.5) is 38.9 Å². The molecule has 2 aliphatic rings. The van der Waals surface area contributed by atoms with E-state index in [-0.39, 0.29) is 30.2 Å². The highest BCUT2D eigenvalue weighted by Crippen LogP contribution is 2.32. The van der Waals surface area contributed by atoms with E-state index >= 15 is 4.39 Å². The third kappa shape index (κ3) is 8.11. The molecule has 0 bridgehead atoms. The molecular weight excluding hydrogens is 595 g/mol. The van der Waals surface area contributed by atoms with Gasteiger partial charge in [0.25, 0.3) is 0 Å². The molecule has 0 radical (unpaired) electrons. The van der Waals surface area contributed by atoms with Crippen LogP contribution in [0.2, 0.25) is 5.02 Å². The number of benzene rings is 2. The van der Waals surface area contributed by atoms with Gasteiger partial charge < -0.3 is 25.5 Å². The Hall–Kier alpha value is -3.52. The maximum Gasteiger partial charge on any atom is 0.317 e. The number of aliphatic carboxylic acids is 1. The largest absolute Gasteiger partial charge is 0.480 e. The fourth-order valence-corrected chi connectivity index (χ4v) is 5.96. The van der Waals surface area contributed by atoms with Crippen LogP contribution in [0.3, 0.4) is 0 Å². The number of carbonyl (C=O) groups is 1. The summed E-state index contributed by atoms with van der Waals surface area (Å²) in [6, 6.07) is 12.4. The fourth-order valence-electron chi connectivity index (χ4n) is 5.56. The molecule has 0 amide bonds. The van der Waals surface area contributed by atoms with Crippen molar-refractivity contribution in [3.05, 3.63) is 59.5 Å². The number of rotatable bonds is 11. The Morgan fingerprint density at radius 3 is 2.51 bits per heavy atom. The van der Waals surface area contributed by atoms with Crippen molar-refractivity contribution in [3.63, 3.8) is 0 Å². The van der Waals surface area contributed by atoms with E-state index in [4.69, 9.17) is 16.7 Å². The highest BCUT2D eigenvalue weighted by molar-refractivity contribution is 7.67. The molecule has 0 atom stereocenters. The molecule has 2 aliphatic heterocycles. The summed E-state index contributed by atoms with van der Waals surface area (Å²) in [5.41, 5.74) is 2.44. The predicted molar refractivity (Wildman–Crippen MR) is 170 cm³/mol. The van der Waals surface area contributed by atoms with Crippen molar-refractivity contribution in [2.45, 2.75) is 12.8 Å². The molecule has 3 aromatic rings. The van der Waals surface area contributed by atoms with Gasteiger partial charge in [-0.25, -0.2) is 13.6 Å². The first-order valence-electron chi connectivity index (χ1n) is 14.2. The van der Waals surface area contributed by atoms with E-state index < -0.39 is 5.97 Å². The maximum atomic E-state index is 15.3. The highest BCUT2D eigenvalue weighted by Gasteiger charge is 2.25. The van der Waals surface area contributed by atoms with Gasteiger partial charge in [-0.15, -0.1) is 0 Å². The second-order valence-corrected chi connectivity index (χ2v) is 12.0. The zero-order valence-electron chi connectivity index (χ0n) is 23.9. The highest BCUT2D eigenvalue weighted by atomic mass is 35.5. The van der Waals surface area contributed by atoms with Crippen LogP contribution in [-0.2, 0) is 16.6 Å². The van der Waals surface area contributed by atoms with Crippen LogP contribution in [0.25, 0.3) is 0 Å². The summed E-state index contributed by atoms with van der Waals surface area (Å²) in [7, 11) is 1.69. The number of carboxylic acids is 1. The third-order valence-electron chi connectivity index (χ3n) is 7.87. The number of anilines is 6. The maximum absolute atomic E-state index is 15.3. The van der Waals surface area contributed by atoms with Crippen LogP contribution in [0.15, 0.2) is 48.7 Å². The Balaban J connectivity index is 1.16. The Kier molecular flexibility index (Phi) is 10.3. The van der Waals surface area contributed by atoms with E-state index in [0.29, 0.717) is 39.5 Å². The van der Waals surface area contributed by atoms with E-state index in [1.165, 1.54) is 16.6 Å². The minimum atomic E-state index is -0.777. The predicted octanol–water partition coefficient (Wildman–Crippen LogP) is 3.97. The molecule has 43 heavy (non-hydrogen) atoms. The lowest BCUT2D eigenvalue weighted by molar-refractivity contribution is -0.138. The van der Waals surface area contributed by atoms with Crippen molar-refractivity contribution in [2.75, 3.05) is 79.2 Å². The number of carboxylic acid groups (broad SMARTS) is 1. The minimum absolute atomic E-state index is 0.105. The number of aromatic nitrogens is 2. The average Bonchev–Trinajstić information content (AvgIpc) is 3.00. The normalized spacial score (nSPS) is 16.7. The first kappa shape index (κ1) is 30.9. The van der Waals surface area contributed by atoms with Gasteiger partial charge in [0.05, 0.1) is 29.8 Å². The monoisotopic (exact) mass is 630 g/mol. The molecule has 0 unspecified atom stereocenters. The Labute approximate surface area is 259 Å². The van der Waals surface area contributed by atoms with Crippen molar-refractivity contribution in [1.82, 2.24) is 19.8 Å². The second-order valence-electron chi connectivity index (χ2n) is 10.8. The van der Waals surface area contributed by atoms with Crippen molar-refractivity contribution >= 4 is 63.9 Å². The number of piperazine rings is 1. The SMILES string of the molecule is CN([SH]=O)c1ccccc1Nc1nc(Nc2ccc(N3CCC(CN4CCN(CC(=O)O)CC4)CC3)c(F)c2)ncc1Cl. The average molecular weight is 631 g/mol. The number of hydrogen-bond acceptors (Lipinski definition) is 9. The quantitative estimate of drug-likeness (QED) is 0.232. The van der Waals surface area contributed by atoms with E-state index in [1.807, 2.05) is 35.2 Å². The Morgan fingerprint density at radius 1 is 1.09 bits per heavy atom. The van der Waals surface area contributed by atoms with Gasteiger partial charge in [-0.2, -0.15) is 4.98 Å². The summed E-state index contributed by atoms with van der Waals surface area (Å²) >= 11 is 6.20. The summed E-state index contributed by atoms with van der Waals surface area (Å²) in [4.78, 5) is 26.2. The molecule has 3 N–H and O–H groups in total. The van der Waals surface area contributed by atoms with Crippen molar-refractivity contribution < 1.29 is 18.5 Å². The first-order valence-corrected chi connectivity index (χ1v) is 15.4. The fraction of sp³-hybridized carbons (Fsp3) is 0.414. The van der Waals surface area contributed by atoms with Gasteiger partial charge in [0.2, 0.25) is 5.95 Å². The van der Waals surface area contributed by atoms with E-state index in [0.717, 1.165) is 58.7 Å². The van der Waals surface area contributed by atoms with E-state index in [2.05, 4.69) is 30.4 Å².